The number of rotatable bonds is 4. The molecule has 9 aromatic rings. The van der Waals surface area contributed by atoms with Crippen LogP contribution in [-0.4, -0.2) is 0 Å². The molecule has 11 rings (SSSR count). The molecule has 280 valence electrons. The molecule has 0 unspecified atom stereocenters. The molecule has 0 radical (unpaired) electrons. The Kier molecular flexibility index (Phi) is 9.00. The topological polar surface area (TPSA) is 26.0 Å². The van der Waals surface area contributed by atoms with Crippen molar-refractivity contribution in [3.8, 4) is 0 Å². The third-order valence-corrected chi connectivity index (χ3v) is 12.4. The predicted octanol–water partition coefficient (Wildman–Crippen LogP) is 14.0. The van der Waals surface area contributed by atoms with E-state index in [4.69, 9.17) is 5.73 Å². The highest BCUT2D eigenvalue weighted by atomic mass is 14.6. The molecule has 0 amide bonds. The Morgan fingerprint density at radius 2 is 0.831 bits per heavy atom. The number of hydrogen-bond donors (Lipinski definition) is 1. The van der Waals surface area contributed by atoms with E-state index in [0.29, 0.717) is 0 Å². The van der Waals surface area contributed by atoms with Crippen molar-refractivity contribution >= 4 is 38.9 Å². The van der Waals surface area contributed by atoms with Gasteiger partial charge in [0.25, 0.3) is 0 Å². The monoisotopic (exact) mass is 753 g/mol. The van der Waals surface area contributed by atoms with Gasteiger partial charge in [-0.25, -0.2) is 0 Å². The number of nitrogen functional groups attached to an aromatic ring is 1. The second-order valence-corrected chi connectivity index (χ2v) is 15.4. The van der Waals surface area contributed by atoms with Crippen molar-refractivity contribution in [1.29, 1.82) is 0 Å². The largest absolute Gasteiger partial charge is 0.398 e. The molecule has 0 aromatic heterocycles. The average molecular weight is 754 g/mol. The van der Waals surface area contributed by atoms with Crippen LogP contribution in [0.2, 0.25) is 0 Å². The standard InChI is InChI=1S/C48H34.C10H9N/c1-2-18-41-40(33-35-21-17-20-34-19-9-10-26-38(34)35)39-27-11-12-28-42(39)48(41)45-31-15-13-29-43(45)47(36-22-5-3-6-23-36,37-24-7-4-8-25-37)44-30-14-16-32-46(44)48;11-10-7-3-5-8-4-1-2-6-9(8)10/h2-33H,1H2;1-7H,11H2/b40-33-,41-18+;. The van der Waals surface area contributed by atoms with Gasteiger partial charge in [-0.1, -0.05) is 231 Å². The molecule has 0 fully saturated rings. The summed E-state index contributed by atoms with van der Waals surface area (Å²) in [6.45, 7) is 4.29. The predicted molar refractivity (Wildman–Crippen MR) is 250 cm³/mol. The summed E-state index contributed by atoms with van der Waals surface area (Å²) in [5.74, 6) is 0. The summed E-state index contributed by atoms with van der Waals surface area (Å²) in [6.07, 6.45) is 6.65. The van der Waals surface area contributed by atoms with E-state index in [-0.39, 0.29) is 0 Å². The van der Waals surface area contributed by atoms with Gasteiger partial charge in [0.15, 0.2) is 0 Å². The Morgan fingerprint density at radius 1 is 0.390 bits per heavy atom. The maximum absolute atomic E-state index is 5.76. The van der Waals surface area contributed by atoms with Gasteiger partial charge in [-0.2, -0.15) is 0 Å². The maximum Gasteiger partial charge on any atom is 0.0720 e. The van der Waals surface area contributed by atoms with Crippen molar-refractivity contribution in [1.82, 2.24) is 0 Å². The van der Waals surface area contributed by atoms with Gasteiger partial charge in [0.1, 0.15) is 0 Å². The molecule has 1 heteroatoms. The van der Waals surface area contributed by atoms with Crippen molar-refractivity contribution in [2.75, 3.05) is 5.73 Å². The lowest BCUT2D eigenvalue weighted by atomic mass is 9.51. The average Bonchev–Trinajstić information content (AvgIpc) is 3.57. The highest BCUT2D eigenvalue weighted by Gasteiger charge is 2.57. The van der Waals surface area contributed by atoms with E-state index in [1.807, 2.05) is 36.4 Å². The smallest absolute Gasteiger partial charge is 0.0720 e. The summed E-state index contributed by atoms with van der Waals surface area (Å²) in [4.78, 5) is 0. The molecule has 1 nitrogen and oxygen atoms in total. The summed E-state index contributed by atoms with van der Waals surface area (Å²) in [5, 5.41) is 4.83. The molecule has 2 aliphatic rings. The Labute approximate surface area is 346 Å². The minimum Gasteiger partial charge on any atom is -0.398 e. The van der Waals surface area contributed by atoms with Gasteiger partial charge in [-0.3, -0.25) is 0 Å². The quantitative estimate of drug-likeness (QED) is 0.178. The fourth-order valence-corrected chi connectivity index (χ4v) is 10.1. The van der Waals surface area contributed by atoms with E-state index < -0.39 is 10.8 Å². The van der Waals surface area contributed by atoms with Gasteiger partial charge < -0.3 is 5.73 Å². The zero-order chi connectivity index (χ0) is 39.8. The Bertz CT molecular complexity index is 2980. The lowest BCUT2D eigenvalue weighted by Crippen LogP contribution is -2.44. The van der Waals surface area contributed by atoms with Crippen molar-refractivity contribution in [3.63, 3.8) is 0 Å². The van der Waals surface area contributed by atoms with Crippen LogP contribution in [0.25, 0.3) is 33.2 Å². The third kappa shape index (κ3) is 5.54. The molecule has 0 saturated carbocycles. The minimum absolute atomic E-state index is 0.517. The first-order chi connectivity index (χ1) is 29.2. The van der Waals surface area contributed by atoms with E-state index in [1.54, 1.807) is 0 Å². The van der Waals surface area contributed by atoms with Crippen LogP contribution in [0, 0.1) is 0 Å². The van der Waals surface area contributed by atoms with E-state index in [2.05, 4.69) is 207 Å². The number of anilines is 1. The Balaban J connectivity index is 0.000000330. The van der Waals surface area contributed by atoms with E-state index in [1.165, 1.54) is 77.4 Å². The van der Waals surface area contributed by atoms with Gasteiger partial charge >= 0.3 is 0 Å². The fraction of sp³-hybridized carbons (Fsp3) is 0.0345. The van der Waals surface area contributed by atoms with Crippen LogP contribution in [0.1, 0.15) is 50.1 Å². The summed E-state index contributed by atoms with van der Waals surface area (Å²) in [6, 6.07) is 78.9. The number of benzene rings is 9. The molecule has 0 aliphatic heterocycles. The van der Waals surface area contributed by atoms with Crippen LogP contribution in [-0.2, 0) is 10.8 Å². The van der Waals surface area contributed by atoms with E-state index in [9.17, 15) is 0 Å². The fourth-order valence-electron chi connectivity index (χ4n) is 10.1. The van der Waals surface area contributed by atoms with E-state index >= 15 is 0 Å². The summed E-state index contributed by atoms with van der Waals surface area (Å²) < 4.78 is 0. The van der Waals surface area contributed by atoms with Crippen molar-refractivity contribution < 1.29 is 0 Å². The molecule has 2 aliphatic carbocycles. The Hall–Kier alpha value is -7.48. The first-order valence-electron chi connectivity index (χ1n) is 20.3. The number of nitrogens with two attached hydrogens (primary N) is 1. The second-order valence-electron chi connectivity index (χ2n) is 15.4. The van der Waals surface area contributed by atoms with Crippen LogP contribution in [0.15, 0.2) is 243 Å². The number of allylic oxidation sites excluding steroid dienone is 4. The van der Waals surface area contributed by atoms with Crippen molar-refractivity contribution in [2.24, 2.45) is 0 Å². The molecule has 2 N–H and O–H groups in total. The van der Waals surface area contributed by atoms with Crippen molar-refractivity contribution in [3.05, 3.63) is 293 Å². The first-order valence-corrected chi connectivity index (χ1v) is 20.3. The molecular formula is C58H43N. The first kappa shape index (κ1) is 35.9. The van der Waals surface area contributed by atoms with Crippen LogP contribution in [0.5, 0.6) is 0 Å². The highest BCUT2D eigenvalue weighted by molar-refractivity contribution is 6.05. The normalized spacial score (nSPS) is 15.6. The molecule has 1 spiro atoms. The number of fused-ring (bicyclic) bond motifs is 8. The molecule has 9 aromatic carbocycles. The summed E-state index contributed by atoms with van der Waals surface area (Å²) >= 11 is 0. The molecule has 0 heterocycles. The van der Waals surface area contributed by atoms with Crippen molar-refractivity contribution in [2.45, 2.75) is 10.8 Å². The van der Waals surface area contributed by atoms with Gasteiger partial charge in [-0.05, 0) is 89.5 Å². The zero-order valence-electron chi connectivity index (χ0n) is 32.8. The summed E-state index contributed by atoms with van der Waals surface area (Å²) in [7, 11) is 0. The number of hydrogen-bond acceptors (Lipinski definition) is 1. The van der Waals surface area contributed by atoms with Gasteiger partial charge in [0.2, 0.25) is 0 Å². The molecule has 59 heavy (non-hydrogen) atoms. The maximum atomic E-state index is 5.76. The lowest BCUT2D eigenvalue weighted by Gasteiger charge is -2.50. The van der Waals surface area contributed by atoms with Crippen LogP contribution in [0.3, 0.4) is 0 Å². The van der Waals surface area contributed by atoms with Gasteiger partial charge in [0, 0.05) is 11.1 Å². The highest BCUT2D eigenvalue weighted by Crippen LogP contribution is 2.65. The second kappa shape index (κ2) is 14.8. The summed E-state index contributed by atoms with van der Waals surface area (Å²) in [5.41, 5.74) is 19.5. The molecular weight excluding hydrogens is 711 g/mol. The van der Waals surface area contributed by atoms with Gasteiger partial charge in [-0.15, -0.1) is 0 Å². The van der Waals surface area contributed by atoms with Gasteiger partial charge in [0.05, 0.1) is 10.8 Å². The van der Waals surface area contributed by atoms with Crippen LogP contribution < -0.4 is 5.73 Å². The third-order valence-electron chi connectivity index (χ3n) is 12.4. The van der Waals surface area contributed by atoms with Crippen LogP contribution >= 0.6 is 0 Å². The molecule has 0 atom stereocenters. The lowest BCUT2D eigenvalue weighted by molar-refractivity contribution is 0.624. The minimum atomic E-state index is -0.554. The SMILES string of the molecule is C=C/C=C1\C(=C/c2cccc3ccccc23)c2ccccc2C12c1ccccc1C(c1ccccc1)(c1ccccc1)c1ccccc12.Nc1cccc2ccccc12. The molecule has 0 saturated heterocycles. The zero-order valence-corrected chi connectivity index (χ0v) is 32.8. The van der Waals surface area contributed by atoms with Crippen LogP contribution in [0.4, 0.5) is 5.69 Å². The van der Waals surface area contributed by atoms with E-state index in [0.717, 1.165) is 11.1 Å². The molecule has 0 bridgehead atoms. The Morgan fingerprint density at radius 3 is 1.41 bits per heavy atom.